The van der Waals surface area contributed by atoms with Crippen molar-refractivity contribution >= 4 is 27.2 Å². The maximum Gasteiger partial charge on any atom is 0.304 e. The highest BCUT2D eigenvalue weighted by molar-refractivity contribution is 7.88. The molecule has 0 amide bonds. The Labute approximate surface area is 92.7 Å². The molecule has 84 valence electrons. The average Bonchev–Trinajstić information content (AvgIpc) is 2.47. The van der Waals surface area contributed by atoms with E-state index in [1.165, 1.54) is 12.1 Å². The standard InChI is InChI=1S/C9H12O4S2/c1-9(2,3)8(10)6-4-5-7(14-6)15(11,12)13/h4-5H,1-3H3,(H,11,12,13). The van der Waals surface area contributed by atoms with Gasteiger partial charge in [0.15, 0.2) is 5.78 Å². The number of ketones is 1. The normalized spacial score (nSPS) is 12.8. The summed E-state index contributed by atoms with van der Waals surface area (Å²) < 4.78 is 30.1. The number of hydrogen-bond acceptors (Lipinski definition) is 4. The first-order valence-electron chi connectivity index (χ1n) is 4.24. The molecule has 4 nitrogen and oxygen atoms in total. The molecule has 0 aliphatic rings. The first-order valence-corrected chi connectivity index (χ1v) is 6.50. The number of carbonyl (C=O) groups excluding carboxylic acids is 1. The largest absolute Gasteiger partial charge is 0.304 e. The number of carbonyl (C=O) groups is 1. The zero-order valence-corrected chi connectivity index (χ0v) is 10.3. The maximum absolute atomic E-state index is 11.7. The van der Waals surface area contributed by atoms with Crippen LogP contribution >= 0.6 is 11.3 Å². The molecule has 6 heteroatoms. The molecule has 0 spiro atoms. The van der Waals surface area contributed by atoms with Crippen molar-refractivity contribution < 1.29 is 17.8 Å². The molecule has 1 aromatic heterocycles. The Bertz CT molecular complexity index is 476. The van der Waals surface area contributed by atoms with Crippen LogP contribution in [-0.4, -0.2) is 18.8 Å². The van der Waals surface area contributed by atoms with Crippen molar-refractivity contribution in [3.05, 3.63) is 17.0 Å². The molecule has 1 aromatic rings. The van der Waals surface area contributed by atoms with Gasteiger partial charge in [0.1, 0.15) is 4.21 Å². The molecule has 0 fully saturated rings. The van der Waals surface area contributed by atoms with Crippen molar-refractivity contribution in [1.29, 1.82) is 0 Å². The second-order valence-corrected chi connectivity index (χ2v) is 6.91. The minimum atomic E-state index is -4.19. The first-order chi connectivity index (χ1) is 6.62. The smallest absolute Gasteiger partial charge is 0.293 e. The van der Waals surface area contributed by atoms with Crippen molar-refractivity contribution in [2.45, 2.75) is 25.0 Å². The molecule has 15 heavy (non-hydrogen) atoms. The summed E-state index contributed by atoms with van der Waals surface area (Å²) in [5.41, 5.74) is -0.554. The first kappa shape index (κ1) is 12.4. The highest BCUT2D eigenvalue weighted by Crippen LogP contribution is 2.28. The van der Waals surface area contributed by atoms with Crippen LogP contribution < -0.4 is 0 Å². The van der Waals surface area contributed by atoms with E-state index >= 15 is 0 Å². The molecule has 0 saturated heterocycles. The van der Waals surface area contributed by atoms with Gasteiger partial charge in [0.25, 0.3) is 0 Å². The van der Waals surface area contributed by atoms with Crippen LogP contribution in [-0.2, 0) is 10.1 Å². The van der Waals surface area contributed by atoms with Crippen LogP contribution in [0.25, 0.3) is 0 Å². The average molecular weight is 248 g/mol. The lowest BCUT2D eigenvalue weighted by Gasteiger charge is -2.14. The van der Waals surface area contributed by atoms with Gasteiger partial charge in [-0.2, -0.15) is 8.42 Å². The quantitative estimate of drug-likeness (QED) is 0.643. The topological polar surface area (TPSA) is 71.4 Å². The Kier molecular flexibility index (Phi) is 3.04. The Morgan fingerprint density at radius 1 is 1.33 bits per heavy atom. The number of thiophene rings is 1. The fraction of sp³-hybridized carbons (Fsp3) is 0.444. The summed E-state index contributed by atoms with van der Waals surface area (Å²) in [5.74, 6) is -0.137. The molecule has 0 saturated carbocycles. The molecule has 1 heterocycles. The van der Waals surface area contributed by atoms with Crippen molar-refractivity contribution in [2.75, 3.05) is 0 Å². The van der Waals surface area contributed by atoms with Gasteiger partial charge in [-0.3, -0.25) is 9.35 Å². The molecule has 0 unspecified atom stereocenters. The zero-order chi connectivity index (χ0) is 11.9. The summed E-state index contributed by atoms with van der Waals surface area (Å²) in [6.45, 7) is 5.26. The van der Waals surface area contributed by atoms with Gasteiger partial charge < -0.3 is 0 Å². The fourth-order valence-corrected chi connectivity index (χ4v) is 2.77. The minimum absolute atomic E-state index is 0.137. The van der Waals surface area contributed by atoms with Crippen LogP contribution in [0.2, 0.25) is 0 Å². The van der Waals surface area contributed by atoms with Gasteiger partial charge in [-0.05, 0) is 12.1 Å². The second-order valence-electron chi connectivity index (χ2n) is 4.17. The van der Waals surface area contributed by atoms with Crippen molar-refractivity contribution in [1.82, 2.24) is 0 Å². The third-order valence-corrected chi connectivity index (χ3v) is 4.15. The van der Waals surface area contributed by atoms with Gasteiger partial charge in [-0.1, -0.05) is 20.8 Å². The summed E-state index contributed by atoms with van der Waals surface area (Å²) in [6, 6.07) is 2.65. The third kappa shape index (κ3) is 2.87. The molecule has 0 aromatic carbocycles. The van der Waals surface area contributed by atoms with Crippen LogP contribution in [0, 0.1) is 5.41 Å². The predicted molar refractivity (Wildman–Crippen MR) is 57.9 cm³/mol. The molecular weight excluding hydrogens is 236 g/mol. The van der Waals surface area contributed by atoms with E-state index in [1.54, 1.807) is 20.8 Å². The maximum atomic E-state index is 11.7. The van der Waals surface area contributed by atoms with Gasteiger partial charge in [0.05, 0.1) is 4.88 Å². The van der Waals surface area contributed by atoms with E-state index in [4.69, 9.17) is 4.55 Å². The molecule has 1 rings (SSSR count). The summed E-state index contributed by atoms with van der Waals surface area (Å²) in [6.07, 6.45) is 0. The van der Waals surface area contributed by atoms with Crippen LogP contribution in [0.3, 0.4) is 0 Å². The molecule has 0 atom stereocenters. The summed E-state index contributed by atoms with van der Waals surface area (Å²) in [4.78, 5) is 12.1. The third-order valence-electron chi connectivity index (χ3n) is 1.74. The van der Waals surface area contributed by atoms with E-state index < -0.39 is 15.5 Å². The summed E-state index contributed by atoms with van der Waals surface area (Å²) >= 11 is 0.787. The van der Waals surface area contributed by atoms with Gasteiger partial charge in [-0.15, -0.1) is 11.3 Å². The molecule has 0 aliphatic carbocycles. The van der Waals surface area contributed by atoms with Crippen LogP contribution in [0.4, 0.5) is 0 Å². The van der Waals surface area contributed by atoms with E-state index in [2.05, 4.69) is 0 Å². The Morgan fingerprint density at radius 3 is 2.20 bits per heavy atom. The van der Waals surface area contributed by atoms with Crippen molar-refractivity contribution in [3.63, 3.8) is 0 Å². The summed E-state index contributed by atoms with van der Waals surface area (Å²) in [7, 11) is -4.19. The van der Waals surface area contributed by atoms with E-state index in [0.29, 0.717) is 4.88 Å². The lowest BCUT2D eigenvalue weighted by molar-refractivity contribution is 0.0863. The highest BCUT2D eigenvalue weighted by Gasteiger charge is 2.25. The Morgan fingerprint density at radius 2 is 1.87 bits per heavy atom. The fourth-order valence-electron chi connectivity index (χ4n) is 0.950. The highest BCUT2D eigenvalue weighted by atomic mass is 32.3. The SMILES string of the molecule is CC(C)(C)C(=O)c1ccc(S(=O)(=O)O)s1. The predicted octanol–water partition coefficient (Wildman–Crippen LogP) is 2.22. The van der Waals surface area contributed by atoms with E-state index in [-0.39, 0.29) is 9.99 Å². The number of Topliss-reactive ketones (excluding diaryl/α,β-unsaturated/α-hetero) is 1. The van der Waals surface area contributed by atoms with Crippen LogP contribution in [0.15, 0.2) is 16.3 Å². The van der Waals surface area contributed by atoms with E-state index in [0.717, 1.165) is 11.3 Å². The summed E-state index contributed by atoms with van der Waals surface area (Å²) in [5, 5.41) is 0. The van der Waals surface area contributed by atoms with Gasteiger partial charge in [0.2, 0.25) is 0 Å². The van der Waals surface area contributed by atoms with Crippen LogP contribution in [0.5, 0.6) is 0 Å². The zero-order valence-electron chi connectivity index (χ0n) is 8.64. The van der Waals surface area contributed by atoms with Crippen LogP contribution in [0.1, 0.15) is 30.4 Å². The van der Waals surface area contributed by atoms with Gasteiger partial charge >= 0.3 is 10.1 Å². The minimum Gasteiger partial charge on any atom is -0.293 e. The number of rotatable bonds is 2. The van der Waals surface area contributed by atoms with Crippen molar-refractivity contribution in [3.8, 4) is 0 Å². The monoisotopic (exact) mass is 248 g/mol. The Hall–Kier alpha value is -0.720. The molecule has 0 radical (unpaired) electrons. The van der Waals surface area contributed by atoms with Gasteiger partial charge in [-0.25, -0.2) is 0 Å². The lowest BCUT2D eigenvalue weighted by Crippen LogP contribution is -2.18. The lowest BCUT2D eigenvalue weighted by atomic mass is 9.90. The van der Waals surface area contributed by atoms with E-state index in [1.807, 2.05) is 0 Å². The van der Waals surface area contributed by atoms with E-state index in [9.17, 15) is 13.2 Å². The second kappa shape index (κ2) is 3.70. The van der Waals surface area contributed by atoms with Crippen molar-refractivity contribution in [2.24, 2.45) is 5.41 Å². The van der Waals surface area contributed by atoms with Gasteiger partial charge in [0, 0.05) is 5.41 Å². The Balaban J connectivity index is 3.12. The molecule has 0 bridgehead atoms. The molecule has 1 N–H and O–H groups in total. The molecule has 0 aliphatic heterocycles. The number of hydrogen-bond donors (Lipinski definition) is 1. The molecular formula is C9H12O4S2.